The molecular formula is C13H23N3O2. The molecule has 18 heavy (non-hydrogen) atoms. The van der Waals surface area contributed by atoms with Crippen LogP contribution >= 0.6 is 0 Å². The van der Waals surface area contributed by atoms with Crippen LogP contribution in [0, 0.1) is 11.3 Å². The van der Waals surface area contributed by atoms with Crippen LogP contribution in [0.2, 0.25) is 0 Å². The van der Waals surface area contributed by atoms with Gasteiger partial charge in [0.05, 0.1) is 0 Å². The summed E-state index contributed by atoms with van der Waals surface area (Å²) in [4.78, 5) is 14.6. The summed E-state index contributed by atoms with van der Waals surface area (Å²) in [6.07, 6.45) is 5.62. The summed E-state index contributed by atoms with van der Waals surface area (Å²) >= 11 is 0. The van der Waals surface area contributed by atoms with Crippen molar-refractivity contribution in [2.75, 3.05) is 13.1 Å². The van der Waals surface area contributed by atoms with Gasteiger partial charge in [0.1, 0.15) is 5.41 Å². The van der Waals surface area contributed by atoms with Crippen LogP contribution in [0.3, 0.4) is 0 Å². The predicted molar refractivity (Wildman–Crippen MR) is 69.3 cm³/mol. The third kappa shape index (κ3) is 2.18. The third-order valence-electron chi connectivity index (χ3n) is 4.41. The molecule has 0 aromatic rings. The van der Waals surface area contributed by atoms with Gasteiger partial charge in [0.15, 0.2) is 5.84 Å². The fraction of sp³-hybridized carbons (Fsp3) is 0.846. The van der Waals surface area contributed by atoms with E-state index >= 15 is 0 Å². The first-order valence-electron chi connectivity index (χ1n) is 6.87. The molecule has 1 amide bonds. The molecule has 2 rings (SSSR count). The summed E-state index contributed by atoms with van der Waals surface area (Å²) in [5.74, 6) is 0.721. The molecule has 2 fully saturated rings. The molecule has 0 aromatic heterocycles. The van der Waals surface area contributed by atoms with Gasteiger partial charge < -0.3 is 15.8 Å². The van der Waals surface area contributed by atoms with Crippen molar-refractivity contribution in [1.82, 2.24) is 4.90 Å². The van der Waals surface area contributed by atoms with E-state index < -0.39 is 5.41 Å². The molecule has 0 radical (unpaired) electrons. The van der Waals surface area contributed by atoms with Crippen molar-refractivity contribution < 1.29 is 10.0 Å². The molecule has 1 unspecified atom stereocenters. The topological polar surface area (TPSA) is 78.9 Å². The lowest BCUT2D eigenvalue weighted by atomic mass is 9.82. The van der Waals surface area contributed by atoms with Crippen LogP contribution in [0.5, 0.6) is 0 Å². The first-order valence-corrected chi connectivity index (χ1v) is 6.87. The van der Waals surface area contributed by atoms with Crippen LogP contribution in [-0.4, -0.2) is 34.9 Å². The lowest BCUT2D eigenvalue weighted by Crippen LogP contribution is -2.52. The highest BCUT2D eigenvalue weighted by atomic mass is 16.4. The van der Waals surface area contributed by atoms with Crippen molar-refractivity contribution in [3.63, 3.8) is 0 Å². The fourth-order valence-electron chi connectivity index (χ4n) is 3.33. The van der Waals surface area contributed by atoms with Crippen molar-refractivity contribution in [1.29, 1.82) is 0 Å². The minimum atomic E-state index is -0.730. The van der Waals surface area contributed by atoms with Gasteiger partial charge in [-0.15, -0.1) is 0 Å². The first-order chi connectivity index (χ1) is 8.60. The zero-order valence-corrected chi connectivity index (χ0v) is 11.1. The Bertz CT molecular complexity index is 348. The standard InChI is InChI=1S/C13H23N3O2/c1-10-5-4-8-16(9-10)12(17)13(11(14)15-18)6-2-3-7-13/h10,18H,2-9H2,1H3,(H2,14,15). The molecule has 0 bridgehead atoms. The zero-order chi connectivity index (χ0) is 13.2. The van der Waals surface area contributed by atoms with Crippen molar-refractivity contribution >= 4 is 11.7 Å². The third-order valence-corrected chi connectivity index (χ3v) is 4.41. The van der Waals surface area contributed by atoms with E-state index in [-0.39, 0.29) is 11.7 Å². The van der Waals surface area contributed by atoms with E-state index in [4.69, 9.17) is 10.9 Å². The maximum atomic E-state index is 12.7. The van der Waals surface area contributed by atoms with Gasteiger partial charge in [0.2, 0.25) is 5.91 Å². The molecule has 0 spiro atoms. The van der Waals surface area contributed by atoms with Crippen LogP contribution in [-0.2, 0) is 4.79 Å². The van der Waals surface area contributed by atoms with E-state index in [1.165, 1.54) is 6.42 Å². The second-order valence-corrected chi connectivity index (χ2v) is 5.77. The number of piperidine rings is 1. The maximum Gasteiger partial charge on any atom is 0.236 e. The van der Waals surface area contributed by atoms with E-state index in [1.807, 2.05) is 4.90 Å². The summed E-state index contributed by atoms with van der Waals surface area (Å²) in [5, 5.41) is 12.1. The monoisotopic (exact) mass is 253 g/mol. The van der Waals surface area contributed by atoms with Gasteiger partial charge in [-0.2, -0.15) is 0 Å². The molecule has 1 aliphatic heterocycles. The highest BCUT2D eigenvalue weighted by Gasteiger charge is 2.47. The number of rotatable bonds is 2. The highest BCUT2D eigenvalue weighted by Crippen LogP contribution is 2.40. The Balaban J connectivity index is 2.18. The number of nitrogens with two attached hydrogens (primary N) is 1. The van der Waals surface area contributed by atoms with Crippen LogP contribution in [0.4, 0.5) is 0 Å². The van der Waals surface area contributed by atoms with Gasteiger partial charge in [-0.05, 0) is 31.6 Å². The zero-order valence-electron chi connectivity index (χ0n) is 11.1. The van der Waals surface area contributed by atoms with Crippen LogP contribution in [0.15, 0.2) is 5.16 Å². The lowest BCUT2D eigenvalue weighted by molar-refractivity contribution is -0.140. The van der Waals surface area contributed by atoms with Gasteiger partial charge in [-0.25, -0.2) is 0 Å². The Morgan fingerprint density at radius 1 is 1.39 bits per heavy atom. The van der Waals surface area contributed by atoms with Crippen LogP contribution in [0.25, 0.3) is 0 Å². The molecule has 1 heterocycles. The van der Waals surface area contributed by atoms with E-state index in [2.05, 4.69) is 12.1 Å². The molecule has 5 nitrogen and oxygen atoms in total. The Kier molecular flexibility index (Phi) is 3.78. The highest BCUT2D eigenvalue weighted by molar-refractivity contribution is 6.07. The average molecular weight is 253 g/mol. The summed E-state index contributed by atoms with van der Waals surface area (Å²) < 4.78 is 0. The molecule has 1 atom stereocenters. The molecule has 1 aliphatic carbocycles. The molecule has 1 saturated carbocycles. The Morgan fingerprint density at radius 2 is 2.06 bits per heavy atom. The molecule has 102 valence electrons. The summed E-state index contributed by atoms with van der Waals surface area (Å²) in [6.45, 7) is 3.78. The van der Waals surface area contributed by atoms with Gasteiger partial charge in [-0.3, -0.25) is 4.79 Å². The fourth-order valence-corrected chi connectivity index (χ4v) is 3.33. The number of amides is 1. The van der Waals surface area contributed by atoms with Crippen LogP contribution < -0.4 is 5.73 Å². The van der Waals surface area contributed by atoms with Crippen LogP contribution in [0.1, 0.15) is 45.4 Å². The minimum Gasteiger partial charge on any atom is -0.409 e. The lowest BCUT2D eigenvalue weighted by Gasteiger charge is -2.37. The van der Waals surface area contributed by atoms with E-state index in [0.717, 1.165) is 32.4 Å². The minimum absolute atomic E-state index is 0.0712. The smallest absolute Gasteiger partial charge is 0.236 e. The summed E-state index contributed by atoms with van der Waals surface area (Å²) in [7, 11) is 0. The molecule has 2 aliphatic rings. The largest absolute Gasteiger partial charge is 0.409 e. The van der Waals surface area contributed by atoms with E-state index in [1.54, 1.807) is 0 Å². The normalized spacial score (nSPS) is 28.4. The number of carbonyl (C=O) groups excluding carboxylic acids is 1. The number of likely N-dealkylation sites (tertiary alicyclic amines) is 1. The Hall–Kier alpha value is -1.26. The van der Waals surface area contributed by atoms with Crippen molar-refractivity contribution in [2.45, 2.75) is 45.4 Å². The van der Waals surface area contributed by atoms with Gasteiger partial charge in [-0.1, -0.05) is 24.9 Å². The Labute approximate surface area is 108 Å². The molecular weight excluding hydrogens is 230 g/mol. The summed E-state index contributed by atoms with van der Waals surface area (Å²) in [6, 6.07) is 0. The SMILES string of the molecule is CC1CCCN(C(=O)C2(C(N)=NO)CCCC2)C1. The Morgan fingerprint density at radius 3 is 2.61 bits per heavy atom. The number of hydrogen-bond donors (Lipinski definition) is 2. The second-order valence-electron chi connectivity index (χ2n) is 5.77. The van der Waals surface area contributed by atoms with Crippen molar-refractivity contribution in [3.8, 4) is 0 Å². The maximum absolute atomic E-state index is 12.7. The molecule has 3 N–H and O–H groups in total. The quantitative estimate of drug-likeness (QED) is 0.339. The number of nitrogens with zero attached hydrogens (tertiary/aromatic N) is 2. The number of carbonyl (C=O) groups is 1. The van der Waals surface area contributed by atoms with Gasteiger partial charge in [0.25, 0.3) is 0 Å². The first kappa shape index (κ1) is 13.2. The molecule has 1 saturated heterocycles. The van der Waals surface area contributed by atoms with Crippen molar-refractivity contribution in [2.24, 2.45) is 22.2 Å². The van der Waals surface area contributed by atoms with Crippen molar-refractivity contribution in [3.05, 3.63) is 0 Å². The molecule has 5 heteroatoms. The van der Waals surface area contributed by atoms with E-state index in [9.17, 15) is 4.79 Å². The van der Waals surface area contributed by atoms with E-state index in [0.29, 0.717) is 18.8 Å². The summed E-state index contributed by atoms with van der Waals surface area (Å²) in [5.41, 5.74) is 5.08. The number of amidine groups is 1. The second kappa shape index (κ2) is 5.16. The average Bonchev–Trinajstić information content (AvgIpc) is 2.87. The number of hydrogen-bond acceptors (Lipinski definition) is 3. The number of oxime groups is 1. The molecule has 0 aromatic carbocycles. The predicted octanol–water partition coefficient (Wildman–Crippen LogP) is 1.55. The van der Waals surface area contributed by atoms with Gasteiger partial charge >= 0.3 is 0 Å². The van der Waals surface area contributed by atoms with Gasteiger partial charge in [0, 0.05) is 13.1 Å².